The first-order valence-corrected chi connectivity index (χ1v) is 5.11. The molecule has 0 aliphatic rings. The molecule has 2 N–H and O–H groups in total. The van der Waals surface area contributed by atoms with E-state index in [1.807, 2.05) is 0 Å². The van der Waals surface area contributed by atoms with Gasteiger partial charge in [0.2, 0.25) is 0 Å². The van der Waals surface area contributed by atoms with Crippen LogP contribution in [0.2, 0.25) is 0 Å². The van der Waals surface area contributed by atoms with Crippen LogP contribution in [0.5, 0.6) is 0 Å². The van der Waals surface area contributed by atoms with Crippen LogP contribution in [-0.4, -0.2) is 22.1 Å². The Morgan fingerprint density at radius 3 is 2.47 bits per heavy atom. The third-order valence-corrected chi connectivity index (χ3v) is 2.33. The van der Waals surface area contributed by atoms with Crippen LogP contribution in [0.1, 0.15) is 18.1 Å². The average molecular weight is 234 g/mol. The second-order valence-corrected chi connectivity index (χ2v) is 3.64. The normalized spacial score (nSPS) is 15.0. The summed E-state index contributed by atoms with van der Waals surface area (Å²) in [6, 6.07) is 2.83. The zero-order valence-electron chi connectivity index (χ0n) is 7.90. The van der Waals surface area contributed by atoms with E-state index in [1.165, 1.54) is 0 Å². The Hall–Kier alpha value is -0.650. The van der Waals surface area contributed by atoms with Crippen LogP contribution in [0.25, 0.3) is 0 Å². The molecule has 84 valence electrons. The highest BCUT2D eigenvalue weighted by molar-refractivity contribution is 7.80. The van der Waals surface area contributed by atoms with E-state index in [4.69, 9.17) is 0 Å². The molecule has 0 aliphatic heterocycles. The van der Waals surface area contributed by atoms with Crippen LogP contribution in [0.15, 0.2) is 18.2 Å². The van der Waals surface area contributed by atoms with Crippen molar-refractivity contribution in [3.63, 3.8) is 0 Å². The summed E-state index contributed by atoms with van der Waals surface area (Å²) < 4.78 is 25.7. The summed E-state index contributed by atoms with van der Waals surface area (Å²) in [5.41, 5.74) is -0.106. The molecular weight excluding hydrogens is 222 g/mol. The predicted octanol–water partition coefficient (Wildman–Crippen LogP) is 1.68. The molecule has 1 aromatic carbocycles. The van der Waals surface area contributed by atoms with Crippen LogP contribution in [0.3, 0.4) is 0 Å². The van der Waals surface area contributed by atoms with Crippen LogP contribution in [0, 0.1) is 11.6 Å². The molecule has 1 aromatic rings. The fraction of sp³-hybridized carbons (Fsp3) is 0.400. The van der Waals surface area contributed by atoms with E-state index in [-0.39, 0.29) is 12.0 Å². The van der Waals surface area contributed by atoms with Crippen molar-refractivity contribution in [1.29, 1.82) is 0 Å². The number of aliphatic hydroxyl groups excluding tert-OH is 2. The SMILES string of the molecule is OC(CCS)C(O)c1ccc(F)cc1F. The first-order valence-electron chi connectivity index (χ1n) is 4.48. The molecule has 0 saturated heterocycles. The Morgan fingerprint density at radius 2 is 1.93 bits per heavy atom. The van der Waals surface area contributed by atoms with Gasteiger partial charge in [-0.2, -0.15) is 12.6 Å². The first kappa shape index (κ1) is 12.4. The van der Waals surface area contributed by atoms with Gasteiger partial charge in [0.1, 0.15) is 17.7 Å². The van der Waals surface area contributed by atoms with Crippen molar-refractivity contribution < 1.29 is 19.0 Å². The molecule has 0 amide bonds. The maximum absolute atomic E-state index is 13.2. The molecule has 2 unspecified atom stereocenters. The molecule has 0 fully saturated rings. The highest BCUT2D eigenvalue weighted by atomic mass is 32.1. The number of thiol groups is 1. The number of rotatable bonds is 4. The van der Waals surface area contributed by atoms with Crippen molar-refractivity contribution in [3.05, 3.63) is 35.4 Å². The molecule has 15 heavy (non-hydrogen) atoms. The fourth-order valence-electron chi connectivity index (χ4n) is 1.24. The third-order valence-electron chi connectivity index (χ3n) is 2.07. The number of benzene rings is 1. The zero-order chi connectivity index (χ0) is 11.4. The summed E-state index contributed by atoms with van der Waals surface area (Å²) in [7, 11) is 0. The van der Waals surface area contributed by atoms with Gasteiger partial charge in [-0.05, 0) is 18.2 Å². The lowest BCUT2D eigenvalue weighted by atomic mass is 10.0. The molecule has 1 rings (SSSR count). The van der Waals surface area contributed by atoms with E-state index in [2.05, 4.69) is 12.6 Å². The Morgan fingerprint density at radius 1 is 1.27 bits per heavy atom. The number of aliphatic hydroxyl groups is 2. The van der Waals surface area contributed by atoms with E-state index in [9.17, 15) is 19.0 Å². The summed E-state index contributed by atoms with van der Waals surface area (Å²) in [4.78, 5) is 0. The third kappa shape index (κ3) is 3.15. The van der Waals surface area contributed by atoms with Crippen molar-refractivity contribution in [3.8, 4) is 0 Å². The Labute approximate surface area is 92.0 Å². The lowest BCUT2D eigenvalue weighted by molar-refractivity contribution is 0.0151. The van der Waals surface area contributed by atoms with Gasteiger partial charge in [0.25, 0.3) is 0 Å². The minimum atomic E-state index is -1.35. The van der Waals surface area contributed by atoms with Gasteiger partial charge in [-0.1, -0.05) is 6.07 Å². The van der Waals surface area contributed by atoms with Gasteiger partial charge in [0.05, 0.1) is 6.10 Å². The average Bonchev–Trinajstić information content (AvgIpc) is 2.17. The van der Waals surface area contributed by atoms with Crippen LogP contribution in [0.4, 0.5) is 8.78 Å². The predicted molar refractivity (Wildman–Crippen MR) is 55.8 cm³/mol. The molecule has 0 saturated carbocycles. The monoisotopic (exact) mass is 234 g/mol. The topological polar surface area (TPSA) is 40.5 Å². The highest BCUT2D eigenvalue weighted by Gasteiger charge is 2.20. The van der Waals surface area contributed by atoms with Gasteiger partial charge >= 0.3 is 0 Å². The van der Waals surface area contributed by atoms with Crippen LogP contribution in [-0.2, 0) is 0 Å². The Kier molecular flexibility index (Phi) is 4.50. The van der Waals surface area contributed by atoms with E-state index in [1.54, 1.807) is 0 Å². The molecule has 0 radical (unpaired) electrons. The zero-order valence-corrected chi connectivity index (χ0v) is 8.79. The van der Waals surface area contributed by atoms with Crippen molar-refractivity contribution in [2.75, 3.05) is 5.75 Å². The lowest BCUT2D eigenvalue weighted by Crippen LogP contribution is -2.19. The summed E-state index contributed by atoms with van der Waals surface area (Å²) in [5.74, 6) is -1.20. The maximum atomic E-state index is 13.2. The molecule has 0 aliphatic carbocycles. The van der Waals surface area contributed by atoms with E-state index in [0.717, 1.165) is 12.1 Å². The summed E-state index contributed by atoms with van der Waals surface area (Å²) in [6.45, 7) is 0. The molecule has 0 aromatic heterocycles. The molecule has 0 spiro atoms. The second kappa shape index (κ2) is 5.44. The van der Waals surface area contributed by atoms with Gasteiger partial charge in [-0.15, -0.1) is 0 Å². The second-order valence-electron chi connectivity index (χ2n) is 3.19. The first-order chi connectivity index (χ1) is 7.06. The van der Waals surface area contributed by atoms with E-state index < -0.39 is 23.8 Å². The molecule has 2 nitrogen and oxygen atoms in total. The molecule has 2 atom stereocenters. The lowest BCUT2D eigenvalue weighted by Gasteiger charge is -2.17. The Bertz CT molecular complexity index is 333. The highest BCUT2D eigenvalue weighted by Crippen LogP contribution is 2.22. The largest absolute Gasteiger partial charge is 0.390 e. The van der Waals surface area contributed by atoms with Crippen LogP contribution < -0.4 is 0 Å². The molecular formula is C10H12F2O2S. The number of halogens is 2. The quantitative estimate of drug-likeness (QED) is 0.694. The van der Waals surface area contributed by atoms with Gasteiger partial charge in [-0.25, -0.2) is 8.78 Å². The molecule has 5 heteroatoms. The van der Waals surface area contributed by atoms with Crippen LogP contribution >= 0.6 is 12.6 Å². The minimum absolute atomic E-state index is 0.106. The number of hydrogen-bond donors (Lipinski definition) is 3. The maximum Gasteiger partial charge on any atom is 0.132 e. The smallest absolute Gasteiger partial charge is 0.132 e. The van der Waals surface area contributed by atoms with E-state index in [0.29, 0.717) is 11.8 Å². The summed E-state index contributed by atoms with van der Waals surface area (Å²) in [6.07, 6.45) is -2.21. The van der Waals surface area contributed by atoms with Crippen molar-refractivity contribution in [2.24, 2.45) is 0 Å². The molecule has 0 bridgehead atoms. The van der Waals surface area contributed by atoms with Gasteiger partial charge in [0.15, 0.2) is 0 Å². The fourth-order valence-corrected chi connectivity index (χ4v) is 1.50. The Balaban J connectivity index is 2.86. The van der Waals surface area contributed by atoms with Crippen molar-refractivity contribution in [1.82, 2.24) is 0 Å². The van der Waals surface area contributed by atoms with E-state index >= 15 is 0 Å². The van der Waals surface area contributed by atoms with Gasteiger partial charge in [-0.3, -0.25) is 0 Å². The summed E-state index contributed by atoms with van der Waals surface area (Å²) in [5, 5.41) is 19.0. The number of hydrogen-bond acceptors (Lipinski definition) is 3. The van der Waals surface area contributed by atoms with Gasteiger partial charge in [0, 0.05) is 11.6 Å². The van der Waals surface area contributed by atoms with Crippen molar-refractivity contribution >= 4 is 12.6 Å². The molecule has 0 heterocycles. The standard InChI is InChI=1S/C10H12F2O2S/c11-6-1-2-7(8(12)5-6)10(14)9(13)3-4-15/h1-2,5,9-10,13-15H,3-4H2. The van der Waals surface area contributed by atoms with Crippen molar-refractivity contribution in [2.45, 2.75) is 18.6 Å². The minimum Gasteiger partial charge on any atom is -0.390 e. The summed E-state index contributed by atoms with van der Waals surface area (Å²) >= 11 is 3.88. The van der Waals surface area contributed by atoms with Gasteiger partial charge < -0.3 is 10.2 Å².